The summed E-state index contributed by atoms with van der Waals surface area (Å²) in [6.07, 6.45) is 6.77. The number of aromatic nitrogens is 3. The molecule has 1 saturated carbocycles. The Morgan fingerprint density at radius 1 is 1.09 bits per heavy atom. The second-order valence-corrected chi connectivity index (χ2v) is 9.80. The largest absolute Gasteiger partial charge is 0.379 e. The molecule has 35 heavy (non-hydrogen) atoms. The van der Waals surface area contributed by atoms with Crippen molar-refractivity contribution in [3.63, 3.8) is 0 Å². The number of piperazine rings is 1. The molecule has 3 fully saturated rings. The monoisotopic (exact) mass is 474 g/mol. The number of fused-ring (bicyclic) bond motifs is 1. The molecule has 3 aliphatic rings. The molecule has 9 heteroatoms. The Morgan fingerprint density at radius 3 is 2.66 bits per heavy atom. The molecule has 5 heterocycles. The van der Waals surface area contributed by atoms with Gasteiger partial charge in [0.25, 0.3) is 11.5 Å². The number of hydrogen-bond acceptors (Lipinski definition) is 7. The molecule has 1 atom stereocenters. The van der Waals surface area contributed by atoms with Crippen molar-refractivity contribution in [1.82, 2.24) is 25.2 Å². The van der Waals surface area contributed by atoms with E-state index in [2.05, 4.69) is 36.1 Å². The number of rotatable bonds is 6. The van der Waals surface area contributed by atoms with E-state index < -0.39 is 0 Å². The summed E-state index contributed by atoms with van der Waals surface area (Å²) < 4.78 is 5.31. The fourth-order valence-corrected chi connectivity index (χ4v) is 4.96. The minimum atomic E-state index is -0.147. The third kappa shape index (κ3) is 4.92. The van der Waals surface area contributed by atoms with Crippen molar-refractivity contribution in [1.29, 1.82) is 0 Å². The molecule has 0 bridgehead atoms. The molecule has 182 valence electrons. The van der Waals surface area contributed by atoms with Crippen molar-refractivity contribution in [2.45, 2.75) is 37.8 Å². The summed E-state index contributed by atoms with van der Waals surface area (Å²) in [6.45, 7) is 5.66. The molecule has 1 aliphatic carbocycles. The van der Waals surface area contributed by atoms with Crippen LogP contribution in [0.25, 0.3) is 11.0 Å². The number of nitrogens with zero attached hydrogens (tertiary/aromatic N) is 4. The van der Waals surface area contributed by atoms with Gasteiger partial charge in [0.15, 0.2) is 0 Å². The zero-order chi connectivity index (χ0) is 23.8. The summed E-state index contributed by atoms with van der Waals surface area (Å²) in [5.41, 5.74) is 5.14. The van der Waals surface area contributed by atoms with E-state index in [1.807, 2.05) is 18.3 Å². The van der Waals surface area contributed by atoms with E-state index in [9.17, 15) is 9.59 Å². The molecular weight excluding hydrogens is 444 g/mol. The standard InChI is InChI=1S/C26H30N6O3/c33-25-21(18-1-2-18)12-23-24(30-25)11-17(13-27-23)15-31-6-8-32(9-7-31)20-3-4-22(28-14-20)26(34)29-19-5-10-35-16-19/h3-4,11-14,18-19H,1-2,5-10,15-16H2,(H,29,34)(H,30,33)/t19-/m1/s1. The van der Waals surface area contributed by atoms with Gasteiger partial charge in [-0.05, 0) is 55.0 Å². The third-order valence-corrected chi connectivity index (χ3v) is 7.18. The van der Waals surface area contributed by atoms with E-state index in [0.29, 0.717) is 24.8 Å². The minimum Gasteiger partial charge on any atom is -0.379 e. The highest BCUT2D eigenvalue weighted by atomic mass is 16.5. The number of anilines is 1. The van der Waals surface area contributed by atoms with Crippen molar-refractivity contribution in [3.8, 4) is 0 Å². The zero-order valence-electron chi connectivity index (χ0n) is 19.7. The molecule has 0 unspecified atom stereocenters. The second-order valence-electron chi connectivity index (χ2n) is 9.80. The fraction of sp³-hybridized carbons (Fsp3) is 0.462. The van der Waals surface area contributed by atoms with E-state index in [1.54, 1.807) is 12.3 Å². The van der Waals surface area contributed by atoms with Gasteiger partial charge in [-0.1, -0.05) is 0 Å². The van der Waals surface area contributed by atoms with Crippen LogP contribution in [0.1, 0.15) is 46.8 Å². The van der Waals surface area contributed by atoms with Crippen molar-refractivity contribution in [2.24, 2.45) is 0 Å². The molecular formula is C26H30N6O3. The summed E-state index contributed by atoms with van der Waals surface area (Å²) in [5.74, 6) is 0.266. The molecule has 3 aromatic rings. The number of nitrogens with one attached hydrogen (secondary N) is 2. The summed E-state index contributed by atoms with van der Waals surface area (Å²) in [6, 6.07) is 7.86. The normalized spacial score (nSPS) is 20.9. The molecule has 2 N–H and O–H groups in total. The van der Waals surface area contributed by atoms with Gasteiger partial charge < -0.3 is 19.9 Å². The first-order valence-corrected chi connectivity index (χ1v) is 12.5. The van der Waals surface area contributed by atoms with Crippen molar-refractivity contribution < 1.29 is 9.53 Å². The highest BCUT2D eigenvalue weighted by Gasteiger charge is 2.27. The topological polar surface area (TPSA) is 103 Å². The number of pyridine rings is 3. The lowest BCUT2D eigenvalue weighted by molar-refractivity contribution is 0.0925. The Labute approximate surface area is 203 Å². The molecule has 1 amide bonds. The maximum Gasteiger partial charge on any atom is 0.270 e. The lowest BCUT2D eigenvalue weighted by Crippen LogP contribution is -2.46. The Kier molecular flexibility index (Phi) is 5.95. The van der Waals surface area contributed by atoms with E-state index in [1.165, 1.54) is 0 Å². The zero-order valence-corrected chi connectivity index (χ0v) is 19.7. The van der Waals surface area contributed by atoms with Crippen LogP contribution in [0.5, 0.6) is 0 Å². The van der Waals surface area contributed by atoms with Gasteiger partial charge in [-0.25, -0.2) is 4.98 Å². The van der Waals surface area contributed by atoms with Gasteiger partial charge in [0.05, 0.1) is 35.6 Å². The average molecular weight is 475 g/mol. The van der Waals surface area contributed by atoms with Gasteiger partial charge in [0, 0.05) is 51.1 Å². The first-order valence-electron chi connectivity index (χ1n) is 12.5. The molecule has 2 aliphatic heterocycles. The van der Waals surface area contributed by atoms with Crippen molar-refractivity contribution in [2.75, 3.05) is 44.3 Å². The molecule has 2 saturated heterocycles. The number of hydrogen-bond donors (Lipinski definition) is 2. The maximum absolute atomic E-state index is 12.4. The Morgan fingerprint density at radius 2 is 1.94 bits per heavy atom. The lowest BCUT2D eigenvalue weighted by Gasteiger charge is -2.36. The smallest absolute Gasteiger partial charge is 0.270 e. The number of ether oxygens (including phenoxy) is 1. The van der Waals surface area contributed by atoms with Crippen LogP contribution < -0.4 is 15.8 Å². The van der Waals surface area contributed by atoms with E-state index >= 15 is 0 Å². The number of aromatic amines is 1. The predicted molar refractivity (Wildman–Crippen MR) is 133 cm³/mol. The van der Waals surface area contributed by atoms with Gasteiger partial charge in [-0.15, -0.1) is 0 Å². The van der Waals surface area contributed by atoms with E-state index in [-0.39, 0.29) is 17.5 Å². The quantitative estimate of drug-likeness (QED) is 0.564. The molecule has 6 rings (SSSR count). The third-order valence-electron chi connectivity index (χ3n) is 7.18. The van der Waals surface area contributed by atoms with Crippen LogP contribution in [-0.4, -0.2) is 71.2 Å². The molecule has 0 radical (unpaired) electrons. The molecule has 3 aromatic heterocycles. The number of H-pyrrole nitrogens is 1. The van der Waals surface area contributed by atoms with Crippen LogP contribution in [0.2, 0.25) is 0 Å². The Bertz CT molecular complexity index is 1270. The number of carbonyl (C=O) groups excluding carboxylic acids is 1. The highest BCUT2D eigenvalue weighted by Crippen LogP contribution is 2.38. The van der Waals surface area contributed by atoms with Crippen molar-refractivity contribution in [3.05, 3.63) is 63.8 Å². The summed E-state index contributed by atoms with van der Waals surface area (Å²) >= 11 is 0. The first kappa shape index (κ1) is 22.2. The SMILES string of the molecule is O=C(N[C@@H]1CCOC1)c1ccc(N2CCN(Cc3cnc4cc(C5CC5)c(=O)[nH]c4c3)CC2)cn1. The molecule has 0 spiro atoms. The van der Waals surface area contributed by atoms with Gasteiger partial charge >= 0.3 is 0 Å². The van der Waals surface area contributed by atoms with Crippen LogP contribution in [0.4, 0.5) is 5.69 Å². The lowest BCUT2D eigenvalue weighted by atomic mass is 10.1. The molecule has 9 nitrogen and oxygen atoms in total. The highest BCUT2D eigenvalue weighted by molar-refractivity contribution is 5.92. The Hall–Kier alpha value is -3.30. The van der Waals surface area contributed by atoms with Crippen LogP contribution in [0, 0.1) is 0 Å². The summed E-state index contributed by atoms with van der Waals surface area (Å²) in [4.78, 5) is 41.5. The van der Waals surface area contributed by atoms with Crippen LogP contribution in [0.15, 0.2) is 41.5 Å². The predicted octanol–water partition coefficient (Wildman–Crippen LogP) is 2.04. The van der Waals surface area contributed by atoms with Gasteiger partial charge in [0.1, 0.15) is 5.69 Å². The van der Waals surface area contributed by atoms with Gasteiger partial charge in [-0.2, -0.15) is 0 Å². The van der Waals surface area contributed by atoms with E-state index in [0.717, 1.165) is 79.8 Å². The first-order chi connectivity index (χ1) is 17.1. The van der Waals surface area contributed by atoms with Crippen LogP contribution in [0.3, 0.4) is 0 Å². The van der Waals surface area contributed by atoms with Crippen molar-refractivity contribution >= 4 is 22.6 Å². The summed E-state index contributed by atoms with van der Waals surface area (Å²) in [5, 5.41) is 2.98. The summed E-state index contributed by atoms with van der Waals surface area (Å²) in [7, 11) is 0. The Balaban J connectivity index is 1.04. The minimum absolute atomic E-state index is 0.0252. The van der Waals surface area contributed by atoms with Crippen LogP contribution >= 0.6 is 0 Å². The number of amides is 1. The second kappa shape index (κ2) is 9.39. The fourth-order valence-electron chi connectivity index (χ4n) is 4.96. The van der Waals surface area contributed by atoms with E-state index in [4.69, 9.17) is 4.74 Å². The van der Waals surface area contributed by atoms with Gasteiger partial charge in [0.2, 0.25) is 0 Å². The average Bonchev–Trinajstić information content (AvgIpc) is 3.60. The van der Waals surface area contributed by atoms with Crippen LogP contribution in [-0.2, 0) is 11.3 Å². The van der Waals surface area contributed by atoms with Gasteiger partial charge in [-0.3, -0.25) is 19.5 Å². The number of carbonyl (C=O) groups is 1. The maximum atomic E-state index is 12.4. The molecule has 0 aromatic carbocycles.